The minimum Gasteiger partial charge on any atom is -0.326 e. The van der Waals surface area contributed by atoms with Crippen LogP contribution < -0.4 is 5.73 Å². The zero-order valence-corrected chi connectivity index (χ0v) is 12.7. The van der Waals surface area contributed by atoms with Crippen molar-refractivity contribution in [3.05, 3.63) is 35.6 Å². The molecule has 3 atom stereocenters. The van der Waals surface area contributed by atoms with Gasteiger partial charge in [0, 0.05) is 23.7 Å². The number of nitrogens with zero attached hydrogens (tertiary/aromatic N) is 1. The fraction of sp³-hybridized carbons (Fsp3) is 0.647. The topological polar surface area (TPSA) is 29.3 Å². The van der Waals surface area contributed by atoms with Crippen LogP contribution in [-0.4, -0.2) is 24.0 Å². The molecule has 20 heavy (non-hydrogen) atoms. The third-order valence-corrected chi connectivity index (χ3v) is 4.77. The molecule has 112 valence electrons. The highest BCUT2D eigenvalue weighted by molar-refractivity contribution is 5.21. The lowest BCUT2D eigenvalue weighted by Crippen LogP contribution is -2.47. The van der Waals surface area contributed by atoms with Gasteiger partial charge in [-0.1, -0.05) is 43.9 Å². The molecule has 0 radical (unpaired) electrons. The van der Waals surface area contributed by atoms with Crippen LogP contribution in [0.2, 0.25) is 0 Å². The summed E-state index contributed by atoms with van der Waals surface area (Å²) in [6, 6.07) is 7.68. The van der Waals surface area contributed by atoms with Gasteiger partial charge in [-0.2, -0.15) is 0 Å². The van der Waals surface area contributed by atoms with E-state index in [1.165, 1.54) is 31.7 Å². The van der Waals surface area contributed by atoms with Crippen molar-refractivity contribution < 1.29 is 4.39 Å². The summed E-state index contributed by atoms with van der Waals surface area (Å²) in [5, 5.41) is 0. The van der Waals surface area contributed by atoms with Gasteiger partial charge in [0.05, 0.1) is 0 Å². The van der Waals surface area contributed by atoms with Crippen molar-refractivity contribution in [2.24, 2.45) is 5.73 Å². The molecule has 0 bridgehead atoms. The molecule has 1 aliphatic rings. The maximum atomic E-state index is 14.0. The summed E-state index contributed by atoms with van der Waals surface area (Å²) in [6.45, 7) is 2.07. The van der Waals surface area contributed by atoms with Gasteiger partial charge in [0.2, 0.25) is 0 Å². The summed E-state index contributed by atoms with van der Waals surface area (Å²) in [5.74, 6) is -0.119. The van der Waals surface area contributed by atoms with Crippen LogP contribution in [0, 0.1) is 5.82 Å². The Bertz CT molecular complexity index is 421. The molecule has 0 aromatic heterocycles. The molecule has 0 spiro atoms. The Hall–Kier alpha value is -0.930. The van der Waals surface area contributed by atoms with Crippen molar-refractivity contribution in [1.29, 1.82) is 0 Å². The molecule has 0 aliphatic heterocycles. The molecule has 1 aromatic carbocycles. The van der Waals surface area contributed by atoms with E-state index in [-0.39, 0.29) is 17.9 Å². The molecule has 3 unspecified atom stereocenters. The van der Waals surface area contributed by atoms with Gasteiger partial charge < -0.3 is 5.73 Å². The van der Waals surface area contributed by atoms with E-state index >= 15 is 0 Å². The zero-order chi connectivity index (χ0) is 14.5. The predicted octanol–water partition coefficient (Wildman–Crippen LogP) is 3.87. The van der Waals surface area contributed by atoms with Gasteiger partial charge in [-0.15, -0.1) is 0 Å². The molecule has 1 aromatic rings. The van der Waals surface area contributed by atoms with Gasteiger partial charge in [0.25, 0.3) is 0 Å². The standard InChI is InChI=1S/C17H27FN2/c1-13(14-9-7-8-10-15(14)18)20(2)17-12-6-4-3-5-11-16(17)19/h7-10,13,16-17H,3-6,11-12,19H2,1-2H3. The molecule has 0 heterocycles. The number of nitrogens with two attached hydrogens (primary N) is 1. The Morgan fingerprint density at radius 3 is 2.50 bits per heavy atom. The Morgan fingerprint density at radius 1 is 1.15 bits per heavy atom. The smallest absolute Gasteiger partial charge is 0.127 e. The normalized spacial score (nSPS) is 26.1. The summed E-state index contributed by atoms with van der Waals surface area (Å²) in [6.07, 6.45) is 7.25. The quantitative estimate of drug-likeness (QED) is 0.909. The van der Waals surface area contributed by atoms with E-state index in [2.05, 4.69) is 18.9 Å². The summed E-state index contributed by atoms with van der Waals surface area (Å²) in [5.41, 5.74) is 7.14. The number of hydrogen-bond donors (Lipinski definition) is 1. The van der Waals surface area contributed by atoms with E-state index in [0.29, 0.717) is 6.04 Å². The summed E-state index contributed by atoms with van der Waals surface area (Å²) in [4.78, 5) is 2.27. The average Bonchev–Trinajstić information content (AvgIpc) is 2.42. The lowest BCUT2D eigenvalue weighted by atomic mass is 9.90. The van der Waals surface area contributed by atoms with E-state index in [1.807, 2.05) is 12.1 Å². The number of hydrogen-bond acceptors (Lipinski definition) is 2. The molecule has 1 saturated carbocycles. The van der Waals surface area contributed by atoms with Gasteiger partial charge in [-0.25, -0.2) is 4.39 Å². The van der Waals surface area contributed by atoms with Gasteiger partial charge in [-0.3, -0.25) is 4.90 Å². The first-order valence-electron chi connectivity index (χ1n) is 7.83. The molecule has 2 nitrogen and oxygen atoms in total. The maximum Gasteiger partial charge on any atom is 0.127 e. The molecule has 2 rings (SSSR count). The van der Waals surface area contributed by atoms with E-state index in [1.54, 1.807) is 6.07 Å². The fourth-order valence-electron chi connectivity index (χ4n) is 3.32. The maximum absolute atomic E-state index is 14.0. The van der Waals surface area contributed by atoms with E-state index in [4.69, 9.17) is 5.73 Å². The number of likely N-dealkylation sites (N-methyl/N-ethyl adjacent to an activating group) is 1. The van der Waals surface area contributed by atoms with Crippen molar-refractivity contribution in [2.45, 2.75) is 63.6 Å². The minimum absolute atomic E-state index is 0.0617. The zero-order valence-electron chi connectivity index (χ0n) is 12.7. The SMILES string of the molecule is CC(c1ccccc1F)N(C)C1CCCCCCC1N. The van der Waals surface area contributed by atoms with Gasteiger partial charge in [0.15, 0.2) is 0 Å². The second-order valence-corrected chi connectivity index (χ2v) is 6.09. The van der Waals surface area contributed by atoms with Crippen LogP contribution >= 0.6 is 0 Å². The second kappa shape index (κ2) is 7.19. The van der Waals surface area contributed by atoms with Gasteiger partial charge in [-0.05, 0) is 32.9 Å². The Labute approximate surface area is 122 Å². The van der Waals surface area contributed by atoms with Crippen molar-refractivity contribution in [3.63, 3.8) is 0 Å². The Kier molecular flexibility index (Phi) is 5.55. The molecule has 2 N–H and O–H groups in total. The highest BCUT2D eigenvalue weighted by Crippen LogP contribution is 2.28. The number of halogens is 1. The highest BCUT2D eigenvalue weighted by Gasteiger charge is 2.27. The minimum atomic E-state index is -0.119. The Balaban J connectivity index is 2.11. The number of benzene rings is 1. The van der Waals surface area contributed by atoms with E-state index < -0.39 is 0 Å². The van der Waals surface area contributed by atoms with Crippen LogP contribution in [0.25, 0.3) is 0 Å². The van der Waals surface area contributed by atoms with Crippen LogP contribution in [0.3, 0.4) is 0 Å². The first-order valence-corrected chi connectivity index (χ1v) is 7.83. The van der Waals surface area contributed by atoms with Crippen LogP contribution in [0.5, 0.6) is 0 Å². The molecule has 0 amide bonds. The summed E-state index contributed by atoms with van der Waals surface area (Å²) in [7, 11) is 2.09. The second-order valence-electron chi connectivity index (χ2n) is 6.09. The van der Waals surface area contributed by atoms with Crippen molar-refractivity contribution in [3.8, 4) is 0 Å². The van der Waals surface area contributed by atoms with E-state index in [0.717, 1.165) is 18.4 Å². The molecule has 3 heteroatoms. The van der Waals surface area contributed by atoms with Crippen molar-refractivity contribution in [1.82, 2.24) is 4.90 Å². The van der Waals surface area contributed by atoms with Crippen molar-refractivity contribution in [2.75, 3.05) is 7.05 Å². The molecular weight excluding hydrogens is 251 g/mol. The predicted molar refractivity (Wildman–Crippen MR) is 82.0 cm³/mol. The largest absolute Gasteiger partial charge is 0.326 e. The Morgan fingerprint density at radius 2 is 1.80 bits per heavy atom. The van der Waals surface area contributed by atoms with Crippen LogP contribution in [0.4, 0.5) is 4.39 Å². The van der Waals surface area contributed by atoms with Crippen molar-refractivity contribution >= 4 is 0 Å². The molecule has 1 fully saturated rings. The fourth-order valence-corrected chi connectivity index (χ4v) is 3.32. The first-order chi connectivity index (χ1) is 9.61. The lowest BCUT2D eigenvalue weighted by Gasteiger charge is -2.38. The lowest BCUT2D eigenvalue weighted by molar-refractivity contribution is 0.137. The average molecular weight is 278 g/mol. The summed E-state index contributed by atoms with van der Waals surface area (Å²) < 4.78 is 14.0. The van der Waals surface area contributed by atoms with Crippen LogP contribution in [0.15, 0.2) is 24.3 Å². The molecular formula is C17H27FN2. The third kappa shape index (κ3) is 3.58. The van der Waals surface area contributed by atoms with Gasteiger partial charge >= 0.3 is 0 Å². The third-order valence-electron chi connectivity index (χ3n) is 4.77. The van der Waals surface area contributed by atoms with Gasteiger partial charge in [0.1, 0.15) is 5.82 Å². The van der Waals surface area contributed by atoms with Crippen LogP contribution in [0.1, 0.15) is 57.1 Å². The van der Waals surface area contributed by atoms with Crippen LogP contribution in [-0.2, 0) is 0 Å². The first kappa shape index (κ1) is 15.5. The number of rotatable bonds is 3. The molecule has 0 saturated heterocycles. The summed E-state index contributed by atoms with van der Waals surface area (Å²) >= 11 is 0. The van der Waals surface area contributed by atoms with E-state index in [9.17, 15) is 4.39 Å². The highest BCUT2D eigenvalue weighted by atomic mass is 19.1. The monoisotopic (exact) mass is 278 g/mol. The molecule has 1 aliphatic carbocycles.